The number of likely N-dealkylation sites (tertiary alicyclic amines) is 2. The molecule has 5 heterocycles. The summed E-state index contributed by atoms with van der Waals surface area (Å²) in [5.74, 6) is 1.77. The van der Waals surface area contributed by atoms with E-state index in [-0.39, 0.29) is 6.10 Å². The van der Waals surface area contributed by atoms with Crippen LogP contribution in [-0.2, 0) is 29.2 Å². The van der Waals surface area contributed by atoms with E-state index in [0.717, 1.165) is 90.3 Å². The molecule has 0 spiro atoms. The zero-order valence-electron chi connectivity index (χ0n) is 26.2. The molecule has 0 unspecified atom stereocenters. The molecule has 2 aliphatic rings. The van der Waals surface area contributed by atoms with Crippen molar-refractivity contribution in [3.63, 3.8) is 0 Å². The largest absolute Gasteiger partial charge is 0.456 e. The van der Waals surface area contributed by atoms with E-state index < -0.39 is 0 Å². The van der Waals surface area contributed by atoms with Crippen molar-refractivity contribution in [3.05, 3.63) is 114 Å². The molecule has 3 aromatic heterocycles. The number of fused-ring (bicyclic) bond motifs is 2. The fraction of sp³-hybridized carbons (Fsp3) is 0.308. The van der Waals surface area contributed by atoms with Crippen molar-refractivity contribution < 1.29 is 18.3 Å². The summed E-state index contributed by atoms with van der Waals surface area (Å²) in [6.07, 6.45) is 6.50. The molecule has 7 heteroatoms. The first kappa shape index (κ1) is 29.2. The molecule has 0 N–H and O–H groups in total. The summed E-state index contributed by atoms with van der Waals surface area (Å²) >= 11 is 0. The summed E-state index contributed by atoms with van der Waals surface area (Å²) in [6, 6.07) is 29.8. The molecule has 2 saturated heterocycles. The van der Waals surface area contributed by atoms with Crippen LogP contribution in [0.15, 0.2) is 106 Å². The van der Waals surface area contributed by atoms with Crippen LogP contribution in [0.1, 0.15) is 29.5 Å². The minimum Gasteiger partial charge on any atom is -0.456 e. The standard InChI is InChI=1S/C39H39N3O4/c1-43-34-3-2-16-41(23-34)21-28-6-10-32-19-38(45-36(32)17-28)30-8-4-27(5-9-30)26-44-35-24-42(25-35)22-29-7-11-33-20-39(46-37(33)18-29)31-12-14-40-15-13-31/h4-15,17-20,34-35H,2-3,16,21-26H2,1H3/t34-/m0/s1. The van der Waals surface area contributed by atoms with Crippen LogP contribution in [0.5, 0.6) is 0 Å². The molecule has 234 valence electrons. The Bertz CT molecular complexity index is 1920. The van der Waals surface area contributed by atoms with Crippen molar-refractivity contribution in [2.24, 2.45) is 0 Å². The van der Waals surface area contributed by atoms with Crippen molar-refractivity contribution >= 4 is 21.9 Å². The number of hydrogen-bond acceptors (Lipinski definition) is 7. The molecule has 0 radical (unpaired) electrons. The number of nitrogens with zero attached hydrogens (tertiary/aromatic N) is 3. The van der Waals surface area contributed by atoms with Gasteiger partial charge in [0.2, 0.25) is 0 Å². The van der Waals surface area contributed by atoms with E-state index in [1.165, 1.54) is 23.1 Å². The number of furan rings is 2. The third-order valence-corrected chi connectivity index (χ3v) is 9.39. The van der Waals surface area contributed by atoms with Crippen molar-refractivity contribution in [1.82, 2.24) is 14.8 Å². The molecule has 2 fully saturated rings. The average Bonchev–Trinajstić information content (AvgIpc) is 3.70. The molecule has 2 aliphatic heterocycles. The zero-order chi connectivity index (χ0) is 30.9. The number of hydrogen-bond donors (Lipinski definition) is 0. The Morgan fingerprint density at radius 1 is 0.674 bits per heavy atom. The van der Waals surface area contributed by atoms with E-state index in [1.54, 1.807) is 12.4 Å². The van der Waals surface area contributed by atoms with Crippen LogP contribution in [0.4, 0.5) is 0 Å². The average molecular weight is 614 g/mol. The van der Waals surface area contributed by atoms with Gasteiger partial charge in [0.15, 0.2) is 0 Å². The topological polar surface area (TPSA) is 64.1 Å². The highest BCUT2D eigenvalue weighted by Gasteiger charge is 2.27. The van der Waals surface area contributed by atoms with E-state index in [4.69, 9.17) is 18.3 Å². The smallest absolute Gasteiger partial charge is 0.135 e. The second kappa shape index (κ2) is 12.9. The van der Waals surface area contributed by atoms with Gasteiger partial charge in [-0.2, -0.15) is 0 Å². The highest BCUT2D eigenvalue weighted by atomic mass is 16.5. The number of ether oxygens (including phenoxy) is 2. The first-order chi connectivity index (χ1) is 22.6. The summed E-state index contributed by atoms with van der Waals surface area (Å²) in [5, 5.41) is 2.25. The van der Waals surface area contributed by atoms with Gasteiger partial charge >= 0.3 is 0 Å². The molecule has 6 aromatic rings. The molecule has 0 bridgehead atoms. The van der Waals surface area contributed by atoms with Crippen LogP contribution in [0.2, 0.25) is 0 Å². The summed E-state index contributed by atoms with van der Waals surface area (Å²) in [4.78, 5) is 8.99. The van der Waals surface area contributed by atoms with Crippen molar-refractivity contribution in [1.29, 1.82) is 0 Å². The van der Waals surface area contributed by atoms with E-state index in [0.29, 0.717) is 12.7 Å². The van der Waals surface area contributed by atoms with E-state index in [2.05, 4.69) is 87.6 Å². The molecular weight excluding hydrogens is 574 g/mol. The Morgan fingerprint density at radius 2 is 1.26 bits per heavy atom. The third-order valence-electron chi connectivity index (χ3n) is 9.39. The van der Waals surface area contributed by atoms with Crippen LogP contribution in [0.3, 0.4) is 0 Å². The summed E-state index contributed by atoms with van der Waals surface area (Å²) in [5.41, 5.74) is 7.68. The van der Waals surface area contributed by atoms with Crippen LogP contribution in [-0.4, -0.2) is 60.3 Å². The maximum atomic E-state index is 6.31. The summed E-state index contributed by atoms with van der Waals surface area (Å²) in [6.45, 7) is 6.40. The van der Waals surface area contributed by atoms with Gasteiger partial charge in [-0.15, -0.1) is 0 Å². The van der Waals surface area contributed by atoms with Gasteiger partial charge < -0.3 is 18.3 Å². The zero-order valence-corrected chi connectivity index (χ0v) is 26.2. The van der Waals surface area contributed by atoms with Gasteiger partial charge in [-0.05, 0) is 72.5 Å². The van der Waals surface area contributed by atoms with Gasteiger partial charge in [0, 0.05) is 74.1 Å². The fourth-order valence-electron chi connectivity index (χ4n) is 6.75. The van der Waals surface area contributed by atoms with Crippen LogP contribution in [0, 0.1) is 0 Å². The highest BCUT2D eigenvalue weighted by molar-refractivity contribution is 5.84. The lowest BCUT2D eigenvalue weighted by atomic mass is 10.1. The lowest BCUT2D eigenvalue weighted by molar-refractivity contribution is -0.0658. The summed E-state index contributed by atoms with van der Waals surface area (Å²) in [7, 11) is 1.82. The molecule has 8 rings (SSSR count). The Morgan fingerprint density at radius 3 is 1.91 bits per heavy atom. The van der Waals surface area contributed by atoms with Gasteiger partial charge in [0.25, 0.3) is 0 Å². The second-order valence-electron chi connectivity index (χ2n) is 12.8. The summed E-state index contributed by atoms with van der Waals surface area (Å²) < 4.78 is 24.3. The van der Waals surface area contributed by atoms with Gasteiger partial charge in [-0.1, -0.05) is 48.5 Å². The van der Waals surface area contributed by atoms with E-state index in [9.17, 15) is 0 Å². The van der Waals surface area contributed by atoms with Crippen LogP contribution >= 0.6 is 0 Å². The predicted octanol–water partition coefficient (Wildman–Crippen LogP) is 7.92. The van der Waals surface area contributed by atoms with Gasteiger partial charge in [-0.25, -0.2) is 0 Å². The van der Waals surface area contributed by atoms with Crippen molar-refractivity contribution in [3.8, 4) is 22.6 Å². The lowest BCUT2D eigenvalue weighted by Crippen LogP contribution is -2.51. The molecule has 0 amide bonds. The number of methoxy groups -OCH3 is 1. The molecule has 0 aliphatic carbocycles. The third kappa shape index (κ3) is 6.37. The predicted molar refractivity (Wildman–Crippen MR) is 180 cm³/mol. The second-order valence-corrected chi connectivity index (χ2v) is 12.8. The molecular formula is C39H39N3O4. The first-order valence-electron chi connectivity index (χ1n) is 16.3. The van der Waals surface area contributed by atoms with Crippen LogP contribution in [0.25, 0.3) is 44.6 Å². The highest BCUT2D eigenvalue weighted by Crippen LogP contribution is 2.31. The molecule has 0 saturated carbocycles. The van der Waals surface area contributed by atoms with Gasteiger partial charge in [-0.3, -0.25) is 14.8 Å². The minimum absolute atomic E-state index is 0.250. The maximum Gasteiger partial charge on any atom is 0.135 e. The first-order valence-corrected chi connectivity index (χ1v) is 16.3. The van der Waals surface area contributed by atoms with Crippen LogP contribution < -0.4 is 0 Å². The Kier molecular flexibility index (Phi) is 8.14. The fourth-order valence-corrected chi connectivity index (χ4v) is 6.75. The number of pyridine rings is 1. The Balaban J connectivity index is 0.823. The van der Waals surface area contributed by atoms with E-state index >= 15 is 0 Å². The van der Waals surface area contributed by atoms with Gasteiger partial charge in [0.05, 0.1) is 18.8 Å². The monoisotopic (exact) mass is 613 g/mol. The van der Waals surface area contributed by atoms with Crippen molar-refractivity contribution in [2.75, 3.05) is 33.3 Å². The quantitative estimate of drug-likeness (QED) is 0.156. The molecule has 7 nitrogen and oxygen atoms in total. The number of piperidine rings is 1. The molecule has 46 heavy (non-hydrogen) atoms. The molecule has 1 atom stereocenters. The normalized spacial score (nSPS) is 18.0. The SMILES string of the molecule is CO[C@H]1CCCN(Cc2ccc3cc(-c4ccc(COC5CN(Cc6ccc7cc(-c8ccncc8)oc7c6)C5)cc4)oc3c2)C1. The number of rotatable bonds is 10. The van der Waals surface area contributed by atoms with Gasteiger partial charge in [0.1, 0.15) is 22.7 Å². The Labute approximate surface area is 269 Å². The van der Waals surface area contributed by atoms with E-state index in [1.807, 2.05) is 19.2 Å². The lowest BCUT2D eigenvalue weighted by Gasteiger charge is -2.39. The number of aromatic nitrogens is 1. The maximum absolute atomic E-state index is 6.31. The molecule has 3 aromatic carbocycles. The minimum atomic E-state index is 0.250. The number of benzene rings is 3. The van der Waals surface area contributed by atoms with Crippen molar-refractivity contribution in [2.45, 2.75) is 44.7 Å². The Hall–Kier alpha value is -4.27.